The lowest BCUT2D eigenvalue weighted by molar-refractivity contribution is -0.141. The summed E-state index contributed by atoms with van der Waals surface area (Å²) in [5.41, 5.74) is -0.435. The fraction of sp³-hybridized carbons (Fsp3) is 0.571. The number of aliphatic hydroxyl groups is 1. The molecule has 2 aliphatic rings. The minimum atomic E-state index is -4.53. The molecule has 1 heterocycles. The number of alkyl halides is 3. The molecule has 1 unspecified atom stereocenters. The van der Waals surface area contributed by atoms with Gasteiger partial charge in [0.25, 0.3) is 0 Å². The van der Waals surface area contributed by atoms with E-state index in [0.717, 1.165) is 37.9 Å². The van der Waals surface area contributed by atoms with Gasteiger partial charge in [-0.05, 0) is 61.3 Å². The van der Waals surface area contributed by atoms with Crippen molar-refractivity contribution in [1.29, 1.82) is 0 Å². The van der Waals surface area contributed by atoms with Crippen LogP contribution in [-0.4, -0.2) is 34.8 Å². The van der Waals surface area contributed by atoms with E-state index in [9.17, 15) is 23.1 Å². The maximum absolute atomic E-state index is 15.0. The van der Waals surface area contributed by atoms with Crippen LogP contribution in [0.2, 0.25) is 10.0 Å². The van der Waals surface area contributed by atoms with Crippen LogP contribution in [0.5, 0.6) is 0 Å². The first-order valence-electron chi connectivity index (χ1n) is 13.2. The van der Waals surface area contributed by atoms with Gasteiger partial charge in [0, 0.05) is 36.2 Å². The zero-order valence-electron chi connectivity index (χ0n) is 21.6. The van der Waals surface area contributed by atoms with Gasteiger partial charge in [0.2, 0.25) is 5.91 Å². The highest BCUT2D eigenvalue weighted by molar-refractivity contribution is 6.42. The molecule has 11 heteroatoms. The molecule has 1 aromatic heterocycles. The molecule has 0 spiro atoms. The van der Waals surface area contributed by atoms with Gasteiger partial charge in [-0.3, -0.25) is 15.1 Å². The SMILES string of the molecule is CC1([C@H](CNC(O)[C@H]2CC[C@@H](NC(=O)Cc3ccc(C(F)(F)F)nc3)C2)c2c(F)ccc(Cl)c2Cl)CCCC1. The molecule has 214 valence electrons. The average molecular weight is 590 g/mol. The maximum Gasteiger partial charge on any atom is 0.433 e. The quantitative estimate of drug-likeness (QED) is 0.174. The number of aliphatic hydroxyl groups excluding tert-OH is 1. The van der Waals surface area contributed by atoms with Crippen molar-refractivity contribution in [2.75, 3.05) is 6.54 Å². The second kappa shape index (κ2) is 12.3. The summed E-state index contributed by atoms with van der Waals surface area (Å²) in [6.07, 6.45) is 1.39. The van der Waals surface area contributed by atoms with E-state index in [-0.39, 0.29) is 40.6 Å². The number of aromatic nitrogens is 1. The number of rotatable bonds is 9. The van der Waals surface area contributed by atoms with Crippen LogP contribution >= 0.6 is 23.2 Å². The lowest BCUT2D eigenvalue weighted by atomic mass is 9.72. The van der Waals surface area contributed by atoms with Crippen LogP contribution in [0.25, 0.3) is 0 Å². The molecule has 0 aliphatic heterocycles. The Hall–Kier alpha value is -1.94. The van der Waals surface area contributed by atoms with Gasteiger partial charge in [-0.2, -0.15) is 13.2 Å². The van der Waals surface area contributed by atoms with Gasteiger partial charge in [-0.15, -0.1) is 0 Å². The fourth-order valence-electron chi connectivity index (χ4n) is 6.09. The molecular formula is C28H33Cl2F4N3O2. The maximum atomic E-state index is 15.0. The highest BCUT2D eigenvalue weighted by atomic mass is 35.5. The number of amides is 1. The minimum Gasteiger partial charge on any atom is -0.378 e. The Morgan fingerprint density at radius 1 is 1.18 bits per heavy atom. The standard InChI is InChI=1S/C28H33Cl2F4N3O2/c1-27(10-2-3-11-27)19(24-21(31)8-7-20(29)25(24)30)15-36-26(39)17-5-6-18(13-17)37-23(38)12-16-4-9-22(35-14-16)28(32,33)34/h4,7-9,14,17-19,26,36,39H,2-3,5-6,10-13,15H2,1H3,(H,37,38)/t17-,18+,19+,26?/m0/s1. The molecule has 2 fully saturated rings. The van der Waals surface area contributed by atoms with Crippen molar-refractivity contribution < 1.29 is 27.5 Å². The first-order chi connectivity index (χ1) is 18.4. The Morgan fingerprint density at radius 2 is 1.90 bits per heavy atom. The van der Waals surface area contributed by atoms with Crippen molar-refractivity contribution in [3.05, 3.63) is 63.1 Å². The number of pyridine rings is 1. The highest BCUT2D eigenvalue weighted by Crippen LogP contribution is 2.51. The Balaban J connectivity index is 1.33. The highest BCUT2D eigenvalue weighted by Gasteiger charge is 2.41. The normalized spacial score (nSPS) is 22.6. The van der Waals surface area contributed by atoms with Gasteiger partial charge in [-0.25, -0.2) is 4.39 Å². The molecule has 4 atom stereocenters. The summed E-state index contributed by atoms with van der Waals surface area (Å²) in [6.45, 7) is 2.45. The summed E-state index contributed by atoms with van der Waals surface area (Å²) in [5.74, 6) is -1.13. The Morgan fingerprint density at radius 3 is 2.54 bits per heavy atom. The summed E-state index contributed by atoms with van der Waals surface area (Å²) in [7, 11) is 0. The van der Waals surface area contributed by atoms with Crippen molar-refractivity contribution >= 4 is 29.1 Å². The molecule has 2 saturated carbocycles. The molecule has 0 bridgehead atoms. The number of halogens is 6. The predicted octanol–water partition coefficient (Wildman–Crippen LogP) is 6.65. The monoisotopic (exact) mass is 589 g/mol. The minimum absolute atomic E-state index is 0.0840. The van der Waals surface area contributed by atoms with Crippen LogP contribution in [0.3, 0.4) is 0 Å². The van der Waals surface area contributed by atoms with E-state index < -0.39 is 23.9 Å². The van der Waals surface area contributed by atoms with Crippen LogP contribution < -0.4 is 10.6 Å². The van der Waals surface area contributed by atoms with Crippen LogP contribution in [0.4, 0.5) is 17.6 Å². The summed E-state index contributed by atoms with van der Waals surface area (Å²) in [4.78, 5) is 15.9. The molecule has 3 N–H and O–H groups in total. The lowest BCUT2D eigenvalue weighted by Crippen LogP contribution is -2.42. The van der Waals surface area contributed by atoms with Gasteiger partial charge in [-0.1, -0.05) is 49.0 Å². The van der Waals surface area contributed by atoms with E-state index >= 15 is 4.39 Å². The molecule has 2 aliphatic carbocycles. The van der Waals surface area contributed by atoms with Crippen molar-refractivity contribution in [2.45, 2.75) is 82.7 Å². The third-order valence-corrected chi connectivity index (χ3v) is 9.13. The Kier molecular flexibility index (Phi) is 9.46. The molecule has 39 heavy (non-hydrogen) atoms. The van der Waals surface area contributed by atoms with Crippen LogP contribution in [0, 0.1) is 17.2 Å². The summed E-state index contributed by atoms with van der Waals surface area (Å²) < 4.78 is 53.1. The molecular weight excluding hydrogens is 557 g/mol. The topological polar surface area (TPSA) is 74.2 Å². The van der Waals surface area contributed by atoms with E-state index in [1.807, 2.05) is 0 Å². The molecule has 0 saturated heterocycles. The molecule has 0 radical (unpaired) electrons. The first-order valence-corrected chi connectivity index (χ1v) is 14.0. The number of carbonyl (C=O) groups excluding carboxylic acids is 1. The van der Waals surface area contributed by atoms with Crippen LogP contribution in [0.15, 0.2) is 30.5 Å². The second-order valence-electron chi connectivity index (χ2n) is 11.1. The average Bonchev–Trinajstić information content (AvgIpc) is 3.53. The zero-order valence-corrected chi connectivity index (χ0v) is 23.1. The summed E-state index contributed by atoms with van der Waals surface area (Å²) in [6, 6.07) is 4.72. The van der Waals surface area contributed by atoms with Crippen molar-refractivity contribution in [3.63, 3.8) is 0 Å². The molecule has 5 nitrogen and oxygen atoms in total. The number of hydrogen-bond acceptors (Lipinski definition) is 4. The smallest absolute Gasteiger partial charge is 0.378 e. The fourth-order valence-corrected chi connectivity index (χ4v) is 6.54. The zero-order chi connectivity index (χ0) is 28.4. The molecule has 4 rings (SSSR count). The largest absolute Gasteiger partial charge is 0.433 e. The van der Waals surface area contributed by atoms with Gasteiger partial charge in [0.1, 0.15) is 17.7 Å². The van der Waals surface area contributed by atoms with Gasteiger partial charge in [0.15, 0.2) is 0 Å². The first kappa shape index (κ1) is 30.0. The molecule has 1 aromatic carbocycles. The summed E-state index contributed by atoms with van der Waals surface area (Å²) in [5, 5.41) is 17.6. The van der Waals surface area contributed by atoms with Gasteiger partial charge in [0.05, 0.1) is 16.5 Å². The third kappa shape index (κ3) is 7.23. The third-order valence-electron chi connectivity index (χ3n) is 8.31. The Labute approximate surface area is 235 Å². The van der Waals surface area contributed by atoms with E-state index in [1.165, 1.54) is 18.2 Å². The number of benzene rings is 1. The van der Waals surface area contributed by atoms with Crippen LogP contribution in [0.1, 0.15) is 74.6 Å². The number of carbonyl (C=O) groups is 1. The van der Waals surface area contributed by atoms with Crippen molar-refractivity contribution in [2.24, 2.45) is 11.3 Å². The molecule has 1 amide bonds. The molecule has 2 aromatic rings. The van der Waals surface area contributed by atoms with Gasteiger partial charge < -0.3 is 10.4 Å². The van der Waals surface area contributed by atoms with Gasteiger partial charge >= 0.3 is 6.18 Å². The lowest BCUT2D eigenvalue weighted by Gasteiger charge is -2.36. The van der Waals surface area contributed by atoms with Crippen molar-refractivity contribution in [1.82, 2.24) is 15.6 Å². The van der Waals surface area contributed by atoms with Crippen LogP contribution in [-0.2, 0) is 17.4 Å². The second-order valence-corrected chi connectivity index (χ2v) is 11.9. The van der Waals surface area contributed by atoms with E-state index in [1.54, 1.807) is 0 Å². The predicted molar refractivity (Wildman–Crippen MR) is 142 cm³/mol. The van der Waals surface area contributed by atoms with E-state index in [2.05, 4.69) is 22.5 Å². The summed E-state index contributed by atoms with van der Waals surface area (Å²) >= 11 is 12.7. The number of nitrogens with zero attached hydrogens (tertiary/aromatic N) is 1. The number of hydrogen-bond donors (Lipinski definition) is 3. The number of nitrogens with one attached hydrogen (secondary N) is 2. The van der Waals surface area contributed by atoms with E-state index in [4.69, 9.17) is 23.2 Å². The van der Waals surface area contributed by atoms with E-state index in [0.29, 0.717) is 42.0 Å². The van der Waals surface area contributed by atoms with Crippen molar-refractivity contribution in [3.8, 4) is 0 Å². The Bertz CT molecular complexity index is 1160.